The van der Waals surface area contributed by atoms with Gasteiger partial charge in [0.2, 0.25) is 5.91 Å². The van der Waals surface area contributed by atoms with E-state index in [2.05, 4.69) is 50.3 Å². The molecule has 0 unspecified atom stereocenters. The number of aromatic nitrogens is 2. The fourth-order valence-corrected chi connectivity index (χ4v) is 5.55. The van der Waals surface area contributed by atoms with Gasteiger partial charge in [-0.15, -0.1) is 0 Å². The Morgan fingerprint density at radius 2 is 2.06 bits per heavy atom. The van der Waals surface area contributed by atoms with Crippen LogP contribution in [0.2, 0.25) is 0 Å². The second-order valence-electron chi connectivity index (χ2n) is 9.35. The molecule has 0 radical (unpaired) electrons. The van der Waals surface area contributed by atoms with Gasteiger partial charge in [-0.25, -0.2) is 0 Å². The van der Waals surface area contributed by atoms with Crippen molar-refractivity contribution in [3.8, 4) is 0 Å². The van der Waals surface area contributed by atoms with Crippen molar-refractivity contribution in [2.75, 3.05) is 18.5 Å². The predicted molar refractivity (Wildman–Crippen MR) is 145 cm³/mol. The van der Waals surface area contributed by atoms with Crippen molar-refractivity contribution in [1.82, 2.24) is 19.8 Å². The molecule has 3 atom stereocenters. The van der Waals surface area contributed by atoms with E-state index in [1.807, 2.05) is 48.7 Å². The number of carbonyl (C=O) groups is 1. The summed E-state index contributed by atoms with van der Waals surface area (Å²) in [6.07, 6.45) is 7.53. The first-order valence-electron chi connectivity index (χ1n) is 12.8. The third-order valence-electron chi connectivity index (χ3n) is 7.04. The number of para-hydroxylation sites is 1. The van der Waals surface area contributed by atoms with Gasteiger partial charge in [0, 0.05) is 49.9 Å². The number of benzene rings is 1. The summed E-state index contributed by atoms with van der Waals surface area (Å²) in [5.41, 5.74) is 4.08. The molecule has 188 valence electrons. The summed E-state index contributed by atoms with van der Waals surface area (Å²) >= 11 is 5.80. The lowest BCUT2D eigenvalue weighted by molar-refractivity contribution is -0.116. The van der Waals surface area contributed by atoms with Crippen molar-refractivity contribution < 1.29 is 9.53 Å². The minimum atomic E-state index is -0.110. The average molecular weight is 504 g/mol. The molecule has 4 heterocycles. The SMILES string of the molecule is CCc1ccccc1NC(=O)CCN1C(=S)N[C@H](c2ccccn2)[C@H]1c1cccn1C[C@@H]1CCCO1. The number of hydrogen-bond acceptors (Lipinski definition) is 4. The second kappa shape index (κ2) is 11.2. The van der Waals surface area contributed by atoms with Crippen LogP contribution in [0.5, 0.6) is 0 Å². The number of amides is 1. The van der Waals surface area contributed by atoms with Gasteiger partial charge in [0.1, 0.15) is 0 Å². The molecule has 3 aromatic rings. The zero-order valence-electron chi connectivity index (χ0n) is 20.6. The highest BCUT2D eigenvalue weighted by Crippen LogP contribution is 2.39. The number of carbonyl (C=O) groups excluding carboxylic acids is 1. The number of nitrogens with zero attached hydrogens (tertiary/aromatic N) is 3. The summed E-state index contributed by atoms with van der Waals surface area (Å²) < 4.78 is 8.19. The molecular weight excluding hydrogens is 470 g/mol. The summed E-state index contributed by atoms with van der Waals surface area (Å²) in [4.78, 5) is 19.7. The Morgan fingerprint density at radius 1 is 1.19 bits per heavy atom. The van der Waals surface area contributed by atoms with Crippen molar-refractivity contribution >= 4 is 28.9 Å². The molecule has 2 N–H and O–H groups in total. The molecule has 2 aromatic heterocycles. The fraction of sp³-hybridized carbons (Fsp3) is 0.393. The van der Waals surface area contributed by atoms with Crippen molar-refractivity contribution in [3.63, 3.8) is 0 Å². The maximum Gasteiger partial charge on any atom is 0.226 e. The lowest BCUT2D eigenvalue weighted by atomic mass is 10.0. The van der Waals surface area contributed by atoms with E-state index < -0.39 is 0 Å². The summed E-state index contributed by atoms with van der Waals surface area (Å²) in [5, 5.41) is 7.22. The van der Waals surface area contributed by atoms with Gasteiger partial charge in [-0.3, -0.25) is 9.78 Å². The van der Waals surface area contributed by atoms with Crippen LogP contribution in [0.15, 0.2) is 67.0 Å². The second-order valence-corrected chi connectivity index (χ2v) is 9.74. The van der Waals surface area contributed by atoms with Crippen LogP contribution in [-0.2, 0) is 22.5 Å². The van der Waals surface area contributed by atoms with E-state index in [1.54, 1.807) is 0 Å². The molecule has 7 nitrogen and oxygen atoms in total. The van der Waals surface area contributed by atoms with Gasteiger partial charge in [-0.05, 0) is 67.4 Å². The molecular formula is C28H33N5O2S. The third kappa shape index (κ3) is 5.29. The predicted octanol–water partition coefficient (Wildman–Crippen LogP) is 4.63. The lowest BCUT2D eigenvalue weighted by Gasteiger charge is -2.29. The van der Waals surface area contributed by atoms with Crippen molar-refractivity contribution in [1.29, 1.82) is 0 Å². The van der Waals surface area contributed by atoms with Crippen molar-refractivity contribution in [2.24, 2.45) is 0 Å². The highest BCUT2D eigenvalue weighted by atomic mass is 32.1. The van der Waals surface area contributed by atoms with Gasteiger partial charge in [0.25, 0.3) is 0 Å². The van der Waals surface area contributed by atoms with Crippen molar-refractivity contribution in [3.05, 3.63) is 83.9 Å². The molecule has 0 saturated carbocycles. The summed E-state index contributed by atoms with van der Waals surface area (Å²) in [5.74, 6) is -0.0199. The molecule has 2 fully saturated rings. The molecule has 8 heteroatoms. The van der Waals surface area contributed by atoms with E-state index >= 15 is 0 Å². The normalized spacial score (nSPS) is 21.5. The monoisotopic (exact) mass is 503 g/mol. The molecule has 5 rings (SSSR count). The summed E-state index contributed by atoms with van der Waals surface area (Å²) in [6.45, 7) is 4.23. The van der Waals surface area contributed by atoms with Crippen LogP contribution in [0.1, 0.15) is 55.2 Å². The first-order valence-corrected chi connectivity index (χ1v) is 13.2. The highest BCUT2D eigenvalue weighted by molar-refractivity contribution is 7.80. The van der Waals surface area contributed by atoms with Crippen LogP contribution in [0.3, 0.4) is 0 Å². The van der Waals surface area contributed by atoms with Gasteiger partial charge in [0.05, 0.1) is 23.9 Å². The lowest BCUT2D eigenvalue weighted by Crippen LogP contribution is -2.33. The minimum absolute atomic E-state index is 0.0199. The van der Waals surface area contributed by atoms with Gasteiger partial charge < -0.3 is 24.8 Å². The van der Waals surface area contributed by atoms with E-state index in [9.17, 15) is 4.79 Å². The average Bonchev–Trinajstić information content (AvgIpc) is 3.65. The van der Waals surface area contributed by atoms with Crippen LogP contribution < -0.4 is 10.6 Å². The smallest absolute Gasteiger partial charge is 0.226 e. The van der Waals surface area contributed by atoms with E-state index in [-0.39, 0.29) is 24.1 Å². The molecule has 0 bridgehead atoms. The number of pyridine rings is 1. The Balaban J connectivity index is 1.37. The molecule has 0 aliphatic carbocycles. The van der Waals surface area contributed by atoms with Crippen LogP contribution >= 0.6 is 12.2 Å². The fourth-order valence-electron chi connectivity index (χ4n) is 5.22. The maximum atomic E-state index is 13.0. The van der Waals surface area contributed by atoms with Gasteiger partial charge in [0.15, 0.2) is 5.11 Å². The Kier molecular flexibility index (Phi) is 7.63. The van der Waals surface area contributed by atoms with Crippen molar-refractivity contribution in [2.45, 2.75) is 57.3 Å². The van der Waals surface area contributed by atoms with E-state index in [1.165, 1.54) is 0 Å². The largest absolute Gasteiger partial charge is 0.376 e. The number of rotatable bonds is 9. The summed E-state index contributed by atoms with van der Waals surface area (Å²) in [7, 11) is 0. The minimum Gasteiger partial charge on any atom is -0.376 e. The van der Waals surface area contributed by atoms with E-state index in [4.69, 9.17) is 17.0 Å². The number of hydrogen-bond donors (Lipinski definition) is 2. The number of thiocarbonyl (C=S) groups is 1. The quantitative estimate of drug-likeness (QED) is 0.415. The number of ether oxygens (including phenoxy) is 1. The first-order chi connectivity index (χ1) is 17.6. The molecule has 2 saturated heterocycles. The van der Waals surface area contributed by atoms with Crippen LogP contribution in [0.4, 0.5) is 5.69 Å². The molecule has 1 aromatic carbocycles. The van der Waals surface area contributed by atoms with Gasteiger partial charge in [-0.2, -0.15) is 0 Å². The topological polar surface area (TPSA) is 71.4 Å². The number of aryl methyl sites for hydroxylation is 1. The Hall–Kier alpha value is -3.23. The molecule has 2 aliphatic rings. The highest BCUT2D eigenvalue weighted by Gasteiger charge is 2.41. The van der Waals surface area contributed by atoms with Crippen LogP contribution in [0, 0.1) is 0 Å². The molecule has 0 spiro atoms. The Bertz CT molecular complexity index is 1190. The summed E-state index contributed by atoms with van der Waals surface area (Å²) in [6, 6.07) is 17.9. The molecule has 1 amide bonds. The van der Waals surface area contributed by atoms with E-state index in [0.717, 1.165) is 55.1 Å². The first kappa shape index (κ1) is 24.5. The van der Waals surface area contributed by atoms with E-state index in [0.29, 0.717) is 18.1 Å². The van der Waals surface area contributed by atoms with Gasteiger partial charge in [-0.1, -0.05) is 31.2 Å². The van der Waals surface area contributed by atoms with Gasteiger partial charge >= 0.3 is 0 Å². The zero-order valence-corrected chi connectivity index (χ0v) is 21.4. The van der Waals surface area contributed by atoms with Crippen LogP contribution in [-0.4, -0.2) is 44.7 Å². The molecule has 2 aliphatic heterocycles. The number of anilines is 1. The maximum absolute atomic E-state index is 13.0. The Morgan fingerprint density at radius 3 is 2.83 bits per heavy atom. The molecule has 36 heavy (non-hydrogen) atoms. The zero-order chi connectivity index (χ0) is 24.9. The third-order valence-corrected chi connectivity index (χ3v) is 7.39. The van der Waals surface area contributed by atoms with Crippen LogP contribution in [0.25, 0.3) is 0 Å². The standard InChI is InChI=1S/C28H33N5O2S/c1-2-20-9-3-4-11-22(20)30-25(34)14-17-33-27(26(31-28(33)36)23-12-5-6-15-29-23)24-13-7-16-32(24)19-21-10-8-18-35-21/h3-7,9,11-13,15-16,21,26-27H,2,8,10,14,17-19H2,1H3,(H,30,34)(H,31,36)/t21-,26+,27+/m0/s1. The number of nitrogens with one attached hydrogen (secondary N) is 2. The Labute approximate surface area is 217 Å².